The maximum absolute atomic E-state index is 13.1. The topological polar surface area (TPSA) is 97.6 Å². The Morgan fingerprint density at radius 3 is 2.33 bits per heavy atom. The number of hydrogen-bond acceptors (Lipinski definition) is 6. The first-order valence-electron chi connectivity index (χ1n) is 13.4. The zero-order valence-electron chi connectivity index (χ0n) is 22.8. The number of Topliss-reactive ketones (excluding diaryl/α,β-unsaturated/α-hetero) is 1. The smallest absolute Gasteiger partial charge is 0.433 e. The van der Waals surface area contributed by atoms with Gasteiger partial charge >= 0.3 is 6.18 Å². The average molecular weight is 580 g/mol. The molecule has 9 nitrogen and oxygen atoms in total. The van der Waals surface area contributed by atoms with Crippen LogP contribution >= 0.6 is 0 Å². The summed E-state index contributed by atoms with van der Waals surface area (Å²) in [6.45, 7) is 3.71. The second-order valence-corrected chi connectivity index (χ2v) is 9.82. The second kappa shape index (κ2) is 12.0. The monoisotopic (exact) mass is 579 g/mol. The molecule has 0 aliphatic carbocycles. The molecule has 4 aromatic rings. The SMILES string of the molecule is CCOc1cc2nn(CC(=O)N3CCN(C(=O)c4ccccc4)CC3)cc2cc1CC(=O)c1cccc(C(F)(F)F)n1. The number of pyridine rings is 1. The first-order valence-corrected chi connectivity index (χ1v) is 13.4. The van der Waals surface area contributed by atoms with Crippen molar-refractivity contribution in [2.45, 2.75) is 26.1 Å². The van der Waals surface area contributed by atoms with Crippen molar-refractivity contribution < 1.29 is 32.3 Å². The molecule has 2 amide bonds. The number of nitrogens with zero attached hydrogens (tertiary/aromatic N) is 5. The molecule has 2 aromatic carbocycles. The average Bonchev–Trinajstić information content (AvgIpc) is 3.38. The third-order valence-electron chi connectivity index (χ3n) is 6.95. The third-order valence-corrected chi connectivity index (χ3v) is 6.95. The van der Waals surface area contributed by atoms with Crippen LogP contribution in [0.3, 0.4) is 0 Å². The summed E-state index contributed by atoms with van der Waals surface area (Å²) in [4.78, 5) is 45.5. The molecule has 1 aliphatic rings. The number of piperazine rings is 1. The van der Waals surface area contributed by atoms with Gasteiger partial charge < -0.3 is 14.5 Å². The molecule has 3 heterocycles. The van der Waals surface area contributed by atoms with E-state index < -0.39 is 17.7 Å². The highest BCUT2D eigenvalue weighted by Gasteiger charge is 2.33. The number of carbonyl (C=O) groups is 3. The number of fused-ring (bicyclic) bond motifs is 1. The number of amides is 2. The second-order valence-electron chi connectivity index (χ2n) is 9.82. The van der Waals surface area contributed by atoms with Gasteiger partial charge in [-0.2, -0.15) is 18.3 Å². The molecule has 218 valence electrons. The van der Waals surface area contributed by atoms with Gasteiger partial charge in [-0.05, 0) is 37.3 Å². The summed E-state index contributed by atoms with van der Waals surface area (Å²) in [6, 6.07) is 15.6. The minimum absolute atomic E-state index is 0.0201. The van der Waals surface area contributed by atoms with Gasteiger partial charge in [0.2, 0.25) is 5.91 Å². The van der Waals surface area contributed by atoms with E-state index in [4.69, 9.17) is 4.74 Å². The molecule has 42 heavy (non-hydrogen) atoms. The first-order chi connectivity index (χ1) is 20.1. The van der Waals surface area contributed by atoms with E-state index in [1.165, 1.54) is 10.7 Å². The number of benzene rings is 2. The van der Waals surface area contributed by atoms with Gasteiger partial charge in [0.1, 0.15) is 23.7 Å². The Morgan fingerprint density at radius 2 is 1.64 bits per heavy atom. The Hall–Kier alpha value is -4.74. The van der Waals surface area contributed by atoms with Crippen molar-refractivity contribution in [3.63, 3.8) is 0 Å². The van der Waals surface area contributed by atoms with Crippen molar-refractivity contribution in [2.24, 2.45) is 0 Å². The molecule has 0 spiro atoms. The molecule has 0 radical (unpaired) electrons. The van der Waals surface area contributed by atoms with Gasteiger partial charge in [-0.25, -0.2) is 4.98 Å². The Bertz CT molecular complexity index is 1610. The van der Waals surface area contributed by atoms with Crippen molar-refractivity contribution in [1.82, 2.24) is 24.6 Å². The summed E-state index contributed by atoms with van der Waals surface area (Å²) in [6.07, 6.45) is -3.21. The molecule has 2 aromatic heterocycles. The number of halogens is 3. The van der Waals surface area contributed by atoms with Crippen LogP contribution in [0.5, 0.6) is 5.75 Å². The Balaban J connectivity index is 1.27. The van der Waals surface area contributed by atoms with E-state index in [2.05, 4.69) is 10.1 Å². The van der Waals surface area contributed by atoms with Crippen LogP contribution in [0.4, 0.5) is 13.2 Å². The van der Waals surface area contributed by atoms with Gasteiger partial charge in [0, 0.05) is 61.4 Å². The van der Waals surface area contributed by atoms with Crippen molar-refractivity contribution in [2.75, 3.05) is 32.8 Å². The van der Waals surface area contributed by atoms with Gasteiger partial charge in [-0.1, -0.05) is 24.3 Å². The van der Waals surface area contributed by atoms with Crippen molar-refractivity contribution >= 4 is 28.5 Å². The molecule has 12 heteroatoms. The Kier molecular flexibility index (Phi) is 8.23. The van der Waals surface area contributed by atoms with Crippen molar-refractivity contribution in [3.8, 4) is 5.75 Å². The van der Waals surface area contributed by atoms with Crippen LogP contribution in [0.2, 0.25) is 0 Å². The fourth-order valence-corrected chi connectivity index (χ4v) is 4.83. The van der Waals surface area contributed by atoms with Gasteiger partial charge in [0.25, 0.3) is 5.91 Å². The Morgan fingerprint density at radius 1 is 0.929 bits per heavy atom. The van der Waals surface area contributed by atoms with Crippen LogP contribution in [0, 0.1) is 0 Å². The number of alkyl halides is 3. The molecule has 0 saturated carbocycles. The van der Waals surface area contributed by atoms with Gasteiger partial charge in [0.15, 0.2) is 5.78 Å². The van der Waals surface area contributed by atoms with Crippen molar-refractivity contribution in [3.05, 3.63) is 89.4 Å². The molecule has 0 bridgehead atoms. The molecule has 1 saturated heterocycles. The van der Waals surface area contributed by atoms with E-state index in [1.54, 1.807) is 47.2 Å². The van der Waals surface area contributed by atoms with E-state index in [1.807, 2.05) is 18.2 Å². The number of hydrogen-bond donors (Lipinski definition) is 0. The zero-order valence-corrected chi connectivity index (χ0v) is 22.8. The highest BCUT2D eigenvalue weighted by Crippen LogP contribution is 2.29. The summed E-state index contributed by atoms with van der Waals surface area (Å²) in [5.41, 5.74) is 0.193. The lowest BCUT2D eigenvalue weighted by Gasteiger charge is -2.34. The maximum Gasteiger partial charge on any atom is 0.433 e. The lowest BCUT2D eigenvalue weighted by atomic mass is 10.0. The number of aromatic nitrogens is 3. The lowest BCUT2D eigenvalue weighted by Crippen LogP contribution is -2.51. The lowest BCUT2D eigenvalue weighted by molar-refractivity contribution is -0.141. The summed E-state index contributed by atoms with van der Waals surface area (Å²) in [5.74, 6) is -0.426. The summed E-state index contributed by atoms with van der Waals surface area (Å²) in [7, 11) is 0. The van der Waals surface area contributed by atoms with Crippen LogP contribution in [-0.4, -0.2) is 74.9 Å². The third kappa shape index (κ3) is 6.42. The summed E-state index contributed by atoms with van der Waals surface area (Å²) < 4.78 is 46.4. The van der Waals surface area contributed by atoms with E-state index in [0.717, 1.165) is 12.1 Å². The van der Waals surface area contributed by atoms with Crippen LogP contribution in [0.1, 0.15) is 39.0 Å². The van der Waals surface area contributed by atoms with Gasteiger partial charge in [-0.3, -0.25) is 19.1 Å². The minimum atomic E-state index is -4.66. The molecule has 5 rings (SSSR count). The fraction of sp³-hybridized carbons (Fsp3) is 0.300. The van der Waals surface area contributed by atoms with Crippen molar-refractivity contribution in [1.29, 1.82) is 0 Å². The quantitative estimate of drug-likeness (QED) is 0.290. The molecule has 0 atom stereocenters. The largest absolute Gasteiger partial charge is 0.494 e. The molecule has 1 aliphatic heterocycles. The molecular weight excluding hydrogens is 551 g/mol. The molecule has 1 fully saturated rings. The predicted molar refractivity (Wildman–Crippen MR) is 147 cm³/mol. The van der Waals surface area contributed by atoms with Crippen LogP contribution in [-0.2, 0) is 23.9 Å². The normalized spacial score (nSPS) is 13.8. The summed E-state index contributed by atoms with van der Waals surface area (Å²) >= 11 is 0. The molecule has 0 N–H and O–H groups in total. The van der Waals surface area contributed by atoms with Crippen LogP contribution < -0.4 is 4.74 Å². The van der Waals surface area contributed by atoms with E-state index >= 15 is 0 Å². The molecular formula is C30H28F3N5O4. The minimum Gasteiger partial charge on any atom is -0.494 e. The maximum atomic E-state index is 13.1. The summed E-state index contributed by atoms with van der Waals surface area (Å²) in [5, 5.41) is 5.14. The van der Waals surface area contributed by atoms with Crippen LogP contribution in [0.15, 0.2) is 66.9 Å². The van der Waals surface area contributed by atoms with E-state index in [0.29, 0.717) is 60.6 Å². The Labute approximate surface area is 239 Å². The predicted octanol–water partition coefficient (Wildman–Crippen LogP) is 4.26. The highest BCUT2D eigenvalue weighted by molar-refractivity contribution is 5.97. The van der Waals surface area contributed by atoms with Gasteiger partial charge in [-0.15, -0.1) is 0 Å². The number of ketones is 1. The van der Waals surface area contributed by atoms with E-state index in [-0.39, 0.29) is 30.5 Å². The highest BCUT2D eigenvalue weighted by atomic mass is 19.4. The van der Waals surface area contributed by atoms with E-state index in [9.17, 15) is 27.6 Å². The first kappa shape index (κ1) is 28.8. The zero-order chi connectivity index (χ0) is 29.9. The number of ether oxygens (including phenoxy) is 1. The fourth-order valence-electron chi connectivity index (χ4n) is 4.83. The standard InChI is InChI=1S/C30H28F3N5O4/c1-2-42-26-17-24-22(15-21(26)16-25(39)23-9-6-10-27(34-23)30(31,32)33)18-38(35-24)19-28(40)36-11-13-37(14-12-36)29(41)20-7-4-3-5-8-20/h3-10,15,17-18H,2,11-14,16,19H2,1H3. The molecule has 0 unspecified atom stereocenters. The van der Waals surface area contributed by atoms with Crippen LogP contribution in [0.25, 0.3) is 10.9 Å². The number of carbonyl (C=O) groups excluding carboxylic acids is 3. The number of rotatable bonds is 8. The van der Waals surface area contributed by atoms with Gasteiger partial charge in [0.05, 0.1) is 12.1 Å².